The van der Waals surface area contributed by atoms with Gasteiger partial charge in [0.15, 0.2) is 6.23 Å². The summed E-state index contributed by atoms with van der Waals surface area (Å²) >= 11 is 0. The van der Waals surface area contributed by atoms with Crippen LogP contribution in [-0.2, 0) is 23.3 Å². The van der Waals surface area contributed by atoms with Gasteiger partial charge in [-0.05, 0) is 20.3 Å². The number of hydrogen-bond acceptors (Lipinski definition) is 8. The maximum atomic E-state index is 12.8. The van der Waals surface area contributed by atoms with Crippen LogP contribution in [0.1, 0.15) is 131 Å². The third-order valence-electron chi connectivity index (χ3n) is 7.71. The molecule has 0 aliphatic carbocycles. The maximum Gasteiger partial charge on any atom is 0.330 e. The van der Waals surface area contributed by atoms with Crippen LogP contribution in [0.15, 0.2) is 21.9 Å². The first kappa shape index (κ1) is 36.9. The lowest BCUT2D eigenvalue weighted by Gasteiger charge is -2.34. The summed E-state index contributed by atoms with van der Waals surface area (Å²) in [5.41, 5.74) is -1.95. The van der Waals surface area contributed by atoms with E-state index in [1.165, 1.54) is 87.5 Å². The van der Waals surface area contributed by atoms with E-state index in [-0.39, 0.29) is 12.7 Å². The van der Waals surface area contributed by atoms with Crippen molar-refractivity contribution in [2.75, 3.05) is 13.2 Å². The van der Waals surface area contributed by atoms with Gasteiger partial charge in [-0.3, -0.25) is 14.3 Å². The van der Waals surface area contributed by atoms with Crippen LogP contribution in [0, 0.1) is 0 Å². The minimum atomic E-state index is -4.26. The molecule has 2 unspecified atom stereocenters. The van der Waals surface area contributed by atoms with E-state index in [9.17, 15) is 19.0 Å². The summed E-state index contributed by atoms with van der Waals surface area (Å²) in [6, 6.07) is 1.22. The molecule has 1 aromatic heterocycles. The van der Waals surface area contributed by atoms with E-state index >= 15 is 0 Å². The van der Waals surface area contributed by atoms with Crippen molar-refractivity contribution in [3.05, 3.63) is 33.1 Å². The topological polar surface area (TPSA) is 132 Å². The molecule has 0 spiro atoms. The first-order valence-electron chi connectivity index (χ1n) is 16.3. The Kier molecular flexibility index (Phi) is 17.5. The number of hydrogen-bond donors (Lipinski definition) is 1. The second kappa shape index (κ2) is 19.9. The van der Waals surface area contributed by atoms with Crippen molar-refractivity contribution < 1.29 is 28.2 Å². The Morgan fingerprint density at radius 1 is 0.905 bits per heavy atom. The van der Waals surface area contributed by atoms with Gasteiger partial charge in [-0.25, -0.2) is 4.79 Å². The average Bonchev–Trinajstić information content (AvgIpc) is 3.25. The molecule has 0 aromatic carbocycles. The Labute approximate surface area is 252 Å². The van der Waals surface area contributed by atoms with E-state index in [0.717, 1.165) is 19.3 Å². The first-order chi connectivity index (χ1) is 20.1. The van der Waals surface area contributed by atoms with Gasteiger partial charge in [0.1, 0.15) is 25.9 Å². The summed E-state index contributed by atoms with van der Waals surface area (Å²) in [5.74, 6) is 0. The summed E-state index contributed by atoms with van der Waals surface area (Å²) in [7, 11) is -4.26. The van der Waals surface area contributed by atoms with Crippen LogP contribution in [0.2, 0.25) is 0 Å². The highest BCUT2D eigenvalue weighted by Crippen LogP contribution is 2.48. The zero-order valence-corrected chi connectivity index (χ0v) is 27.5. The fourth-order valence-corrected chi connectivity index (χ4v) is 5.93. The molecule has 1 fully saturated rings. The van der Waals surface area contributed by atoms with E-state index in [1.807, 2.05) is 13.8 Å². The predicted molar refractivity (Wildman–Crippen MR) is 164 cm³/mol. The van der Waals surface area contributed by atoms with Gasteiger partial charge in [0.05, 0.1) is 12.7 Å². The number of ether oxygens (including phenoxy) is 3. The summed E-state index contributed by atoms with van der Waals surface area (Å²) in [6.07, 6.45) is 14.9. The lowest BCUT2D eigenvalue weighted by atomic mass is 10.0. The van der Waals surface area contributed by atoms with E-state index in [4.69, 9.17) is 18.7 Å². The standard InChI is InChI=1S/C31H57N2O8P/c1-6-7-8-9-10-11-12-13-14-15-16-17-18-19-22-38-29-28(41-42(36,37)25(4)5)26(23-39-24(2)3)40-30(29)33-21-20-27(34)32-31(33)35/h20-21,24-26,28-30H,6-19,22-23H2,1-5H3,(H,36,37)(H,32,34,35)/p-1/t26-,28+,29?,30-/m1/s1. The number of aromatic amines is 1. The van der Waals surface area contributed by atoms with Crippen LogP contribution in [-0.4, -0.2) is 52.8 Å². The van der Waals surface area contributed by atoms with E-state index in [1.54, 1.807) is 13.8 Å². The molecule has 1 aliphatic heterocycles. The predicted octanol–water partition coefficient (Wildman–Crippen LogP) is 6.07. The Hall–Kier alpha value is -1.29. The lowest BCUT2D eigenvalue weighted by Crippen LogP contribution is -2.41. The molecule has 42 heavy (non-hydrogen) atoms. The zero-order valence-electron chi connectivity index (χ0n) is 26.6. The molecule has 1 aliphatic rings. The molecule has 5 atom stereocenters. The Morgan fingerprint density at radius 3 is 1.95 bits per heavy atom. The van der Waals surface area contributed by atoms with Crippen molar-refractivity contribution in [1.82, 2.24) is 9.55 Å². The molecule has 244 valence electrons. The van der Waals surface area contributed by atoms with Crippen molar-refractivity contribution in [1.29, 1.82) is 0 Å². The normalized spacial score (nSPS) is 22.3. The molecule has 10 nitrogen and oxygen atoms in total. The smallest absolute Gasteiger partial charge is 0.330 e. The minimum Gasteiger partial charge on any atom is -0.778 e. The SMILES string of the molecule is CCCCCCCCCCCCCCCCOC1[C@@H](OP(=O)([O-])C(C)C)[C@@H](COC(C)C)O[C@H]1n1ccc(=O)[nH]c1=O. The molecule has 0 radical (unpaired) electrons. The molecule has 0 saturated carbocycles. The molecule has 2 heterocycles. The quantitative estimate of drug-likeness (QED) is 0.116. The molecular formula is C31H56N2O8P-. The van der Waals surface area contributed by atoms with Gasteiger partial charge < -0.3 is 28.2 Å². The second-order valence-electron chi connectivity index (χ2n) is 12.1. The fourth-order valence-electron chi connectivity index (χ4n) is 5.09. The minimum absolute atomic E-state index is 0.0632. The molecule has 0 amide bonds. The zero-order chi connectivity index (χ0) is 31.0. The number of H-pyrrole nitrogens is 1. The highest BCUT2D eigenvalue weighted by molar-refractivity contribution is 7.52. The van der Waals surface area contributed by atoms with Crippen molar-refractivity contribution in [2.24, 2.45) is 0 Å². The van der Waals surface area contributed by atoms with Gasteiger partial charge in [-0.15, -0.1) is 0 Å². The average molecular weight is 616 g/mol. The van der Waals surface area contributed by atoms with Gasteiger partial charge in [0.25, 0.3) is 5.56 Å². The van der Waals surface area contributed by atoms with Gasteiger partial charge in [-0.1, -0.05) is 104 Å². The molecular weight excluding hydrogens is 559 g/mol. The summed E-state index contributed by atoms with van der Waals surface area (Å²) in [6.45, 7) is 9.52. The van der Waals surface area contributed by atoms with Crippen LogP contribution in [0.25, 0.3) is 0 Å². The van der Waals surface area contributed by atoms with Crippen LogP contribution in [0.3, 0.4) is 0 Å². The summed E-state index contributed by atoms with van der Waals surface area (Å²) < 4.78 is 37.8. The molecule has 1 N–H and O–H groups in total. The van der Waals surface area contributed by atoms with Crippen molar-refractivity contribution in [2.45, 2.75) is 161 Å². The highest BCUT2D eigenvalue weighted by atomic mass is 31.2. The second-order valence-corrected chi connectivity index (χ2v) is 14.4. The fraction of sp³-hybridized carbons (Fsp3) is 0.871. The van der Waals surface area contributed by atoms with Crippen molar-refractivity contribution in [3.63, 3.8) is 0 Å². The van der Waals surface area contributed by atoms with E-state index in [0.29, 0.717) is 6.61 Å². The van der Waals surface area contributed by atoms with Gasteiger partial charge in [0.2, 0.25) is 0 Å². The number of nitrogens with one attached hydrogen (secondary N) is 1. The Morgan fingerprint density at radius 2 is 1.45 bits per heavy atom. The first-order valence-corrected chi connectivity index (χ1v) is 17.9. The molecule has 0 bridgehead atoms. The lowest BCUT2D eigenvalue weighted by molar-refractivity contribution is -0.210. The summed E-state index contributed by atoms with van der Waals surface area (Å²) in [5, 5.41) is 0. The number of nitrogens with zero attached hydrogens (tertiary/aromatic N) is 1. The maximum absolute atomic E-state index is 12.8. The number of aromatic nitrogens is 2. The number of rotatable bonds is 23. The Balaban J connectivity index is 1.91. The van der Waals surface area contributed by atoms with Crippen LogP contribution in [0.4, 0.5) is 0 Å². The van der Waals surface area contributed by atoms with Crippen molar-refractivity contribution >= 4 is 7.60 Å². The third kappa shape index (κ3) is 13.1. The van der Waals surface area contributed by atoms with Gasteiger partial charge in [0, 0.05) is 24.5 Å². The van der Waals surface area contributed by atoms with E-state index in [2.05, 4.69) is 11.9 Å². The molecule has 1 saturated heterocycles. The summed E-state index contributed by atoms with van der Waals surface area (Å²) in [4.78, 5) is 39.4. The largest absolute Gasteiger partial charge is 0.778 e. The molecule has 2 rings (SSSR count). The van der Waals surface area contributed by atoms with E-state index < -0.39 is 49.0 Å². The van der Waals surface area contributed by atoms with Crippen LogP contribution in [0.5, 0.6) is 0 Å². The molecule has 1 aromatic rings. The Bertz CT molecular complexity index is 1030. The monoisotopic (exact) mass is 615 g/mol. The van der Waals surface area contributed by atoms with Crippen LogP contribution < -0.4 is 16.1 Å². The molecule has 11 heteroatoms. The van der Waals surface area contributed by atoms with Gasteiger partial charge in [-0.2, -0.15) is 0 Å². The van der Waals surface area contributed by atoms with Crippen molar-refractivity contribution in [3.8, 4) is 0 Å². The number of unbranched alkanes of at least 4 members (excludes halogenated alkanes) is 13. The third-order valence-corrected chi connectivity index (χ3v) is 9.52. The van der Waals surface area contributed by atoms with Gasteiger partial charge >= 0.3 is 5.69 Å². The van der Waals surface area contributed by atoms with Crippen LogP contribution >= 0.6 is 7.60 Å². The highest BCUT2D eigenvalue weighted by Gasteiger charge is 2.49.